The fraction of sp³-hybridized carbons (Fsp3) is 0.208. The average molecular weight is 866 g/mol. The second-order valence-corrected chi connectivity index (χ2v) is 15.9. The molecule has 15 heteroatoms. The zero-order valence-corrected chi connectivity index (χ0v) is 35.1. The van der Waals surface area contributed by atoms with Crippen LogP contribution in [0.2, 0.25) is 5.02 Å². The first-order chi connectivity index (χ1) is 30.6. The highest BCUT2D eigenvalue weighted by molar-refractivity contribution is 6.30. The Morgan fingerprint density at radius 3 is 2.49 bits per heavy atom. The molecule has 0 unspecified atom stereocenters. The van der Waals surface area contributed by atoms with Gasteiger partial charge < -0.3 is 15.4 Å². The minimum Gasteiger partial charge on any atom is -0.494 e. The SMILES string of the molecule is CC/C(=C(/c1ccc(OCCCCCC(=O)Nc2ccc([C@H]3Nc4cc(F)cc5c(=O)[nH]nc(c45)[C@@H]3c3ncnn3C)cc2)cc1)c1ccc2[nH]ncc2c1)c1ccc(Cl)cc1F. The van der Waals surface area contributed by atoms with E-state index in [0.717, 1.165) is 51.6 Å². The van der Waals surface area contributed by atoms with E-state index in [4.69, 9.17) is 16.3 Å². The number of fused-ring (bicyclic) bond motifs is 1. The smallest absolute Gasteiger partial charge is 0.272 e. The molecule has 8 aromatic rings. The number of allylic oxidation sites excluding steroid dienone is 1. The van der Waals surface area contributed by atoms with Crippen molar-refractivity contribution in [1.82, 2.24) is 35.2 Å². The van der Waals surface area contributed by atoms with Crippen molar-refractivity contribution in [3.8, 4) is 5.75 Å². The number of unbranched alkanes of at least 4 members (excludes halogenated alkanes) is 2. The summed E-state index contributed by atoms with van der Waals surface area (Å²) in [7, 11) is 1.78. The fourth-order valence-corrected chi connectivity index (χ4v) is 8.65. The average Bonchev–Trinajstić information content (AvgIpc) is 3.94. The molecule has 0 radical (unpaired) electrons. The Morgan fingerprint density at radius 2 is 1.73 bits per heavy atom. The number of halogens is 3. The van der Waals surface area contributed by atoms with Gasteiger partial charge in [0.15, 0.2) is 0 Å². The number of nitrogens with one attached hydrogen (secondary N) is 4. The number of aryl methyl sites for hydroxylation is 1. The third-order valence-electron chi connectivity index (χ3n) is 11.5. The Labute approximate surface area is 365 Å². The second kappa shape index (κ2) is 17.7. The minimum absolute atomic E-state index is 0.100. The molecule has 0 saturated carbocycles. The molecular weight excluding hydrogens is 824 g/mol. The minimum atomic E-state index is -0.542. The second-order valence-electron chi connectivity index (χ2n) is 15.5. The number of anilines is 2. The molecule has 1 amide bonds. The van der Waals surface area contributed by atoms with Crippen molar-refractivity contribution < 1.29 is 18.3 Å². The molecule has 1 aliphatic rings. The normalized spacial score (nSPS) is 15.0. The maximum absolute atomic E-state index is 15.3. The third-order valence-corrected chi connectivity index (χ3v) is 11.7. The van der Waals surface area contributed by atoms with Gasteiger partial charge in [-0.2, -0.15) is 15.3 Å². The molecule has 9 rings (SSSR count). The number of aromatic amines is 2. The Hall–Kier alpha value is -7.19. The van der Waals surface area contributed by atoms with E-state index in [1.165, 1.54) is 24.5 Å². The highest BCUT2D eigenvalue weighted by atomic mass is 35.5. The maximum Gasteiger partial charge on any atom is 0.272 e. The summed E-state index contributed by atoms with van der Waals surface area (Å²) in [6, 6.07) is 28.2. The Bertz CT molecular complexity index is 3070. The van der Waals surface area contributed by atoms with Crippen LogP contribution in [0.15, 0.2) is 114 Å². The van der Waals surface area contributed by atoms with Crippen LogP contribution in [0.1, 0.15) is 84.8 Å². The van der Waals surface area contributed by atoms with Crippen molar-refractivity contribution >= 4 is 61.7 Å². The number of amides is 1. The van der Waals surface area contributed by atoms with Crippen LogP contribution in [-0.2, 0) is 11.8 Å². The summed E-state index contributed by atoms with van der Waals surface area (Å²) < 4.78 is 37.7. The van der Waals surface area contributed by atoms with E-state index in [0.29, 0.717) is 70.5 Å². The summed E-state index contributed by atoms with van der Waals surface area (Å²) in [6.07, 6.45) is 6.41. The van der Waals surface area contributed by atoms with Gasteiger partial charge in [0, 0.05) is 46.2 Å². The zero-order chi connectivity index (χ0) is 43.6. The molecule has 12 nitrogen and oxygen atoms in total. The number of benzene rings is 5. The summed E-state index contributed by atoms with van der Waals surface area (Å²) >= 11 is 6.11. The number of aromatic nitrogens is 7. The number of hydrogen-bond acceptors (Lipinski definition) is 8. The number of rotatable bonds is 14. The molecule has 0 spiro atoms. The van der Waals surface area contributed by atoms with E-state index in [1.807, 2.05) is 67.6 Å². The van der Waals surface area contributed by atoms with Crippen molar-refractivity contribution in [2.75, 3.05) is 17.2 Å². The van der Waals surface area contributed by atoms with Gasteiger partial charge in [-0.3, -0.25) is 19.4 Å². The Kier molecular flexibility index (Phi) is 11.5. The number of ether oxygens (including phenoxy) is 1. The number of carbonyl (C=O) groups is 1. The molecule has 0 saturated heterocycles. The Morgan fingerprint density at radius 1 is 0.921 bits per heavy atom. The Balaban J connectivity index is 0.804. The van der Waals surface area contributed by atoms with Crippen LogP contribution < -0.4 is 20.9 Å². The highest BCUT2D eigenvalue weighted by Crippen LogP contribution is 2.46. The zero-order valence-electron chi connectivity index (χ0n) is 34.4. The predicted octanol–water partition coefficient (Wildman–Crippen LogP) is 10.1. The predicted molar refractivity (Wildman–Crippen MR) is 241 cm³/mol. The van der Waals surface area contributed by atoms with E-state index < -0.39 is 23.3 Å². The molecule has 1 aliphatic heterocycles. The lowest BCUT2D eigenvalue weighted by atomic mass is 9.83. The topological polar surface area (TPSA) is 156 Å². The number of hydrogen-bond donors (Lipinski definition) is 4. The molecule has 3 aromatic heterocycles. The highest BCUT2D eigenvalue weighted by Gasteiger charge is 2.38. The van der Waals surface area contributed by atoms with Gasteiger partial charge in [-0.05, 0) is 114 Å². The largest absolute Gasteiger partial charge is 0.494 e. The van der Waals surface area contributed by atoms with Gasteiger partial charge >= 0.3 is 0 Å². The first-order valence-corrected chi connectivity index (χ1v) is 21.1. The van der Waals surface area contributed by atoms with Crippen molar-refractivity contribution in [2.45, 2.75) is 51.0 Å². The van der Waals surface area contributed by atoms with E-state index >= 15 is 4.39 Å². The van der Waals surface area contributed by atoms with Crippen molar-refractivity contribution in [3.05, 3.63) is 170 Å². The standard InChI is InChI=1S/C48H42ClF2N9O3/c1-3-35(36-18-13-31(49)22-38(36)51)42(29-12-19-39-30(21-29)25-53-57-39)27-10-16-34(17-11-27)63-20-6-4-5-7-41(61)55-33-14-8-28(9-15-33)45-44(47-52-26-54-60(47)2)46-43-37(48(62)59-58-46)23-32(50)24-40(43)56-45/h8-19,21-26,44-45,56H,3-7,20H2,1-2H3,(H,53,57)(H,55,61)(H,59,62)/b42-35+/t44-,45-/m1/s1. The van der Waals surface area contributed by atoms with Crippen LogP contribution in [0.4, 0.5) is 20.2 Å². The van der Waals surface area contributed by atoms with Crippen molar-refractivity contribution in [2.24, 2.45) is 7.05 Å². The molecule has 5 aromatic carbocycles. The number of H-pyrrole nitrogens is 2. The van der Waals surface area contributed by atoms with E-state index in [2.05, 4.69) is 47.2 Å². The van der Waals surface area contributed by atoms with E-state index in [9.17, 15) is 14.0 Å². The van der Waals surface area contributed by atoms with Crippen LogP contribution in [-0.4, -0.2) is 47.7 Å². The number of carbonyl (C=O) groups excluding carboxylic acids is 1. The van der Waals surface area contributed by atoms with Gasteiger partial charge in [-0.15, -0.1) is 0 Å². The van der Waals surface area contributed by atoms with E-state index in [1.54, 1.807) is 30.1 Å². The van der Waals surface area contributed by atoms with Crippen LogP contribution in [0.3, 0.4) is 0 Å². The maximum atomic E-state index is 15.3. The summed E-state index contributed by atoms with van der Waals surface area (Å²) in [5.74, 6) is -0.158. The molecule has 0 aliphatic carbocycles. The van der Waals surface area contributed by atoms with Crippen molar-refractivity contribution in [3.63, 3.8) is 0 Å². The molecule has 63 heavy (non-hydrogen) atoms. The van der Waals surface area contributed by atoms with Gasteiger partial charge in [-0.1, -0.05) is 54.9 Å². The quantitative estimate of drug-likeness (QED) is 0.0622. The lowest BCUT2D eigenvalue weighted by Gasteiger charge is -2.33. The van der Waals surface area contributed by atoms with Gasteiger partial charge in [0.1, 0.15) is 29.5 Å². The van der Waals surface area contributed by atoms with Gasteiger partial charge in [0.2, 0.25) is 5.91 Å². The summed E-state index contributed by atoms with van der Waals surface area (Å²) in [4.78, 5) is 30.1. The lowest BCUT2D eigenvalue weighted by Crippen LogP contribution is -2.30. The molecular formula is C48H42ClF2N9O3. The summed E-state index contributed by atoms with van der Waals surface area (Å²) in [6.45, 7) is 2.50. The first kappa shape index (κ1) is 41.2. The van der Waals surface area contributed by atoms with Crippen LogP contribution in [0.25, 0.3) is 32.8 Å². The van der Waals surface area contributed by atoms with Crippen molar-refractivity contribution in [1.29, 1.82) is 0 Å². The molecule has 0 bridgehead atoms. The lowest BCUT2D eigenvalue weighted by molar-refractivity contribution is -0.116. The molecule has 0 fully saturated rings. The third kappa shape index (κ3) is 8.41. The summed E-state index contributed by atoms with van der Waals surface area (Å²) in [5, 5.41) is 26.8. The monoisotopic (exact) mass is 865 g/mol. The van der Waals surface area contributed by atoms with Gasteiger partial charge in [0.25, 0.3) is 5.56 Å². The van der Waals surface area contributed by atoms with Gasteiger partial charge in [0.05, 0.1) is 41.4 Å². The van der Waals surface area contributed by atoms with Crippen LogP contribution in [0.5, 0.6) is 5.75 Å². The molecule has 2 atom stereocenters. The summed E-state index contributed by atoms with van der Waals surface area (Å²) in [5.41, 5.74) is 7.05. The van der Waals surface area contributed by atoms with E-state index in [-0.39, 0.29) is 17.1 Å². The molecule has 318 valence electrons. The molecule has 4 N–H and O–H groups in total. The number of nitrogens with zero attached hydrogens (tertiary/aromatic N) is 5. The van der Waals surface area contributed by atoms with Crippen LogP contribution >= 0.6 is 11.6 Å². The fourth-order valence-electron chi connectivity index (χ4n) is 8.49. The first-order valence-electron chi connectivity index (χ1n) is 20.7. The molecule has 4 heterocycles. The van der Waals surface area contributed by atoms with Crippen LogP contribution in [0, 0.1) is 11.6 Å². The van der Waals surface area contributed by atoms with Gasteiger partial charge in [-0.25, -0.2) is 18.9 Å².